The predicted octanol–water partition coefficient (Wildman–Crippen LogP) is 3.15. The van der Waals surface area contributed by atoms with Gasteiger partial charge in [-0.25, -0.2) is 0 Å². The lowest BCUT2D eigenvalue weighted by Crippen LogP contribution is -2.51. The highest BCUT2D eigenvalue weighted by molar-refractivity contribution is 4.84. The molecular formula is C17H36N2O. The minimum absolute atomic E-state index is 0.369. The van der Waals surface area contributed by atoms with Crippen molar-refractivity contribution < 1.29 is 4.74 Å². The molecule has 20 heavy (non-hydrogen) atoms. The molecule has 0 aliphatic carbocycles. The van der Waals surface area contributed by atoms with E-state index < -0.39 is 0 Å². The second-order valence-corrected chi connectivity index (χ2v) is 7.54. The van der Waals surface area contributed by atoms with Crippen molar-refractivity contribution in [3.8, 4) is 0 Å². The summed E-state index contributed by atoms with van der Waals surface area (Å²) in [6, 6.07) is 0. The van der Waals surface area contributed by atoms with Crippen LogP contribution in [-0.2, 0) is 4.74 Å². The number of rotatable bonds is 8. The van der Waals surface area contributed by atoms with Crippen molar-refractivity contribution in [2.75, 3.05) is 32.7 Å². The summed E-state index contributed by atoms with van der Waals surface area (Å²) in [5, 5.41) is 3.66. The standard InChI is InChI=1S/C17H36N2O/c1-7-8-17(6,12-18-9-14(2)3)13-19-10-15(4)20-16(5)11-19/h14-16,18H,7-13H2,1-6H3/t15-,16+,17?. The molecule has 0 aromatic carbocycles. The minimum atomic E-state index is 0.369. The van der Waals surface area contributed by atoms with Gasteiger partial charge in [0.15, 0.2) is 0 Å². The molecule has 3 heteroatoms. The lowest BCUT2D eigenvalue weighted by atomic mass is 9.84. The summed E-state index contributed by atoms with van der Waals surface area (Å²) in [5.41, 5.74) is 0.375. The molecule has 0 saturated carbocycles. The fourth-order valence-corrected chi connectivity index (χ4v) is 3.44. The van der Waals surface area contributed by atoms with E-state index in [4.69, 9.17) is 4.74 Å². The van der Waals surface area contributed by atoms with Gasteiger partial charge < -0.3 is 10.1 Å². The maximum absolute atomic E-state index is 5.85. The number of nitrogens with zero attached hydrogens (tertiary/aromatic N) is 1. The van der Waals surface area contributed by atoms with Gasteiger partial charge in [0.1, 0.15) is 0 Å². The average Bonchev–Trinajstić information content (AvgIpc) is 2.26. The van der Waals surface area contributed by atoms with E-state index in [1.165, 1.54) is 19.4 Å². The average molecular weight is 284 g/mol. The molecule has 1 saturated heterocycles. The van der Waals surface area contributed by atoms with Gasteiger partial charge in [0.25, 0.3) is 0 Å². The SMILES string of the molecule is CCCC(C)(CNCC(C)C)CN1C[C@@H](C)O[C@@H](C)C1. The van der Waals surface area contributed by atoms with Crippen LogP contribution in [0.2, 0.25) is 0 Å². The zero-order valence-corrected chi connectivity index (χ0v) is 14.5. The van der Waals surface area contributed by atoms with Gasteiger partial charge >= 0.3 is 0 Å². The molecule has 1 aliphatic heterocycles. The van der Waals surface area contributed by atoms with Crippen molar-refractivity contribution in [3.63, 3.8) is 0 Å². The molecular weight excluding hydrogens is 248 g/mol. The molecule has 1 fully saturated rings. The number of hydrogen-bond donors (Lipinski definition) is 1. The van der Waals surface area contributed by atoms with Crippen LogP contribution in [0.25, 0.3) is 0 Å². The molecule has 3 atom stereocenters. The Bertz CT molecular complexity index is 260. The van der Waals surface area contributed by atoms with E-state index in [0.717, 1.165) is 32.1 Å². The van der Waals surface area contributed by atoms with Crippen LogP contribution in [0.5, 0.6) is 0 Å². The molecule has 1 N–H and O–H groups in total. The topological polar surface area (TPSA) is 24.5 Å². The highest BCUT2D eigenvalue weighted by Crippen LogP contribution is 2.26. The van der Waals surface area contributed by atoms with E-state index in [0.29, 0.717) is 17.6 Å². The number of morpholine rings is 1. The van der Waals surface area contributed by atoms with Gasteiger partial charge in [-0.1, -0.05) is 34.1 Å². The summed E-state index contributed by atoms with van der Waals surface area (Å²) in [5.74, 6) is 0.726. The molecule has 1 rings (SSSR count). The minimum Gasteiger partial charge on any atom is -0.373 e. The van der Waals surface area contributed by atoms with Gasteiger partial charge in [-0.15, -0.1) is 0 Å². The van der Waals surface area contributed by atoms with Crippen LogP contribution in [-0.4, -0.2) is 49.8 Å². The van der Waals surface area contributed by atoms with Gasteiger partial charge in [0.05, 0.1) is 12.2 Å². The lowest BCUT2D eigenvalue weighted by Gasteiger charge is -2.41. The number of ether oxygens (including phenoxy) is 1. The molecule has 0 radical (unpaired) electrons. The monoisotopic (exact) mass is 284 g/mol. The maximum Gasteiger partial charge on any atom is 0.0678 e. The molecule has 0 aromatic rings. The quantitative estimate of drug-likeness (QED) is 0.741. The molecule has 0 amide bonds. The Labute approximate surface area is 126 Å². The molecule has 3 nitrogen and oxygen atoms in total. The van der Waals surface area contributed by atoms with Crippen LogP contribution < -0.4 is 5.32 Å². The van der Waals surface area contributed by atoms with Crippen molar-refractivity contribution >= 4 is 0 Å². The van der Waals surface area contributed by atoms with Gasteiger partial charge in [-0.2, -0.15) is 0 Å². The van der Waals surface area contributed by atoms with Crippen molar-refractivity contribution in [3.05, 3.63) is 0 Å². The van der Waals surface area contributed by atoms with Crippen LogP contribution in [0.3, 0.4) is 0 Å². The summed E-state index contributed by atoms with van der Waals surface area (Å²) >= 11 is 0. The Morgan fingerprint density at radius 1 is 1.25 bits per heavy atom. The Morgan fingerprint density at radius 3 is 2.35 bits per heavy atom. The third-order valence-corrected chi connectivity index (χ3v) is 4.06. The Balaban J connectivity index is 2.51. The zero-order valence-electron chi connectivity index (χ0n) is 14.5. The lowest BCUT2D eigenvalue weighted by molar-refractivity contribution is -0.0771. The Hall–Kier alpha value is -0.120. The molecule has 120 valence electrons. The van der Waals surface area contributed by atoms with Crippen molar-refractivity contribution in [2.45, 2.75) is 66.6 Å². The van der Waals surface area contributed by atoms with Crippen molar-refractivity contribution in [1.82, 2.24) is 10.2 Å². The van der Waals surface area contributed by atoms with E-state index in [1.54, 1.807) is 0 Å². The van der Waals surface area contributed by atoms with E-state index in [-0.39, 0.29) is 0 Å². The van der Waals surface area contributed by atoms with Crippen LogP contribution in [0.4, 0.5) is 0 Å². The predicted molar refractivity (Wildman–Crippen MR) is 87.2 cm³/mol. The molecule has 1 aliphatic rings. The Kier molecular flexibility index (Phi) is 7.49. The summed E-state index contributed by atoms with van der Waals surface area (Å²) in [4.78, 5) is 2.60. The fraction of sp³-hybridized carbons (Fsp3) is 1.00. The van der Waals surface area contributed by atoms with Gasteiger partial charge in [0, 0.05) is 26.2 Å². The summed E-state index contributed by atoms with van der Waals surface area (Å²) in [7, 11) is 0. The molecule has 1 unspecified atom stereocenters. The van der Waals surface area contributed by atoms with Gasteiger partial charge in [0.2, 0.25) is 0 Å². The second kappa shape index (κ2) is 8.35. The van der Waals surface area contributed by atoms with E-state index in [9.17, 15) is 0 Å². The number of nitrogens with one attached hydrogen (secondary N) is 1. The summed E-state index contributed by atoms with van der Waals surface area (Å²) in [6.07, 6.45) is 3.29. The fourth-order valence-electron chi connectivity index (χ4n) is 3.44. The molecule has 0 aromatic heterocycles. The zero-order chi connectivity index (χ0) is 15.2. The van der Waals surface area contributed by atoms with Crippen LogP contribution in [0.15, 0.2) is 0 Å². The van der Waals surface area contributed by atoms with Crippen molar-refractivity contribution in [1.29, 1.82) is 0 Å². The summed E-state index contributed by atoms with van der Waals surface area (Å²) in [6.45, 7) is 19.2. The highest BCUT2D eigenvalue weighted by Gasteiger charge is 2.30. The third-order valence-electron chi connectivity index (χ3n) is 4.06. The first kappa shape index (κ1) is 17.9. The maximum atomic E-state index is 5.85. The first-order valence-corrected chi connectivity index (χ1v) is 8.43. The van der Waals surface area contributed by atoms with Crippen LogP contribution in [0, 0.1) is 11.3 Å². The van der Waals surface area contributed by atoms with E-state index in [2.05, 4.69) is 51.8 Å². The van der Waals surface area contributed by atoms with Crippen LogP contribution in [0.1, 0.15) is 54.4 Å². The Morgan fingerprint density at radius 2 is 1.85 bits per heavy atom. The van der Waals surface area contributed by atoms with Gasteiger partial charge in [-0.3, -0.25) is 4.90 Å². The second-order valence-electron chi connectivity index (χ2n) is 7.54. The normalized spacial score (nSPS) is 27.8. The van der Waals surface area contributed by atoms with Crippen molar-refractivity contribution in [2.24, 2.45) is 11.3 Å². The van der Waals surface area contributed by atoms with Crippen LogP contribution >= 0.6 is 0 Å². The molecule has 1 heterocycles. The summed E-state index contributed by atoms with van der Waals surface area (Å²) < 4.78 is 5.85. The largest absolute Gasteiger partial charge is 0.373 e. The third kappa shape index (κ3) is 6.55. The first-order chi connectivity index (χ1) is 9.34. The first-order valence-electron chi connectivity index (χ1n) is 8.43. The van der Waals surface area contributed by atoms with E-state index >= 15 is 0 Å². The van der Waals surface area contributed by atoms with Gasteiger partial charge in [-0.05, 0) is 38.1 Å². The smallest absolute Gasteiger partial charge is 0.0678 e. The molecule has 0 bridgehead atoms. The number of hydrogen-bond acceptors (Lipinski definition) is 3. The molecule has 0 spiro atoms. The van der Waals surface area contributed by atoms with E-state index in [1.807, 2.05) is 0 Å². The highest BCUT2D eigenvalue weighted by atomic mass is 16.5.